The van der Waals surface area contributed by atoms with Crippen LogP contribution in [0, 0.1) is 0 Å². The van der Waals surface area contributed by atoms with Gasteiger partial charge < -0.3 is 10.1 Å². The van der Waals surface area contributed by atoms with Gasteiger partial charge in [0.2, 0.25) is 0 Å². The van der Waals surface area contributed by atoms with Gasteiger partial charge in [-0.15, -0.1) is 0 Å². The largest absolute Gasteiger partial charge is 0.497 e. The number of carbonyl (C=O) groups excluding carboxylic acids is 3. The van der Waals surface area contributed by atoms with Crippen molar-refractivity contribution < 1.29 is 19.1 Å². The van der Waals surface area contributed by atoms with Crippen molar-refractivity contribution in [2.75, 3.05) is 7.11 Å². The molecule has 1 aliphatic rings. The van der Waals surface area contributed by atoms with Gasteiger partial charge in [-0.2, -0.15) is 5.01 Å². The number of hydrogen-bond donors (Lipinski definition) is 2. The monoisotopic (exact) mass is 381 g/mol. The van der Waals surface area contributed by atoms with Gasteiger partial charge in [-0.25, -0.2) is 4.79 Å². The Hall–Kier alpha value is -3.35. The summed E-state index contributed by atoms with van der Waals surface area (Å²) in [5, 5.41) is 3.37. The zero-order valence-electron chi connectivity index (χ0n) is 16.3. The van der Waals surface area contributed by atoms with Gasteiger partial charge in [-0.3, -0.25) is 15.0 Å². The quantitative estimate of drug-likeness (QED) is 0.780. The molecule has 2 N–H and O–H groups in total. The summed E-state index contributed by atoms with van der Waals surface area (Å²) in [6.45, 7) is 5.71. The van der Waals surface area contributed by atoms with Gasteiger partial charge >= 0.3 is 6.03 Å². The number of carbonyl (C=O) groups is 3. The minimum Gasteiger partial charge on any atom is -0.497 e. The fourth-order valence-corrected chi connectivity index (χ4v) is 3.05. The van der Waals surface area contributed by atoms with E-state index >= 15 is 0 Å². The predicted octanol–water partition coefficient (Wildman–Crippen LogP) is 2.93. The van der Waals surface area contributed by atoms with Crippen LogP contribution in [0.3, 0.4) is 0 Å². The molecular weight excluding hydrogens is 358 g/mol. The lowest BCUT2D eigenvalue weighted by atomic mass is 9.92. The summed E-state index contributed by atoms with van der Waals surface area (Å²) in [5.41, 5.74) is 3.17. The number of nitrogens with zero attached hydrogens (tertiary/aromatic N) is 1. The average molecular weight is 381 g/mol. The van der Waals surface area contributed by atoms with Crippen LogP contribution in [0.1, 0.15) is 48.2 Å². The highest BCUT2D eigenvalue weighted by molar-refractivity contribution is 6.09. The summed E-state index contributed by atoms with van der Waals surface area (Å²) in [7, 11) is 1.55. The normalized spacial score (nSPS) is 19.0. The highest BCUT2D eigenvalue weighted by atomic mass is 16.5. The molecule has 28 heavy (non-hydrogen) atoms. The summed E-state index contributed by atoms with van der Waals surface area (Å²) < 4.78 is 5.12. The fraction of sp³-hybridized carbons (Fsp3) is 0.286. The summed E-state index contributed by atoms with van der Waals surface area (Å²) in [4.78, 5) is 37.8. The SMILES string of the molecule is COc1ccc([C@@]2(C)NC(=O)N(NC(=O)c3ccc(C(C)C)cc3)C2=O)cc1. The Morgan fingerprint density at radius 1 is 1.07 bits per heavy atom. The van der Waals surface area contributed by atoms with E-state index in [0.717, 1.165) is 10.6 Å². The number of hydrazine groups is 1. The van der Waals surface area contributed by atoms with E-state index in [1.54, 1.807) is 50.4 Å². The van der Waals surface area contributed by atoms with Crippen LogP contribution in [-0.2, 0) is 10.3 Å². The molecule has 0 aliphatic carbocycles. The Bertz CT molecular complexity index is 906. The van der Waals surface area contributed by atoms with Crippen LogP contribution in [-0.4, -0.2) is 30.0 Å². The van der Waals surface area contributed by atoms with Crippen LogP contribution in [0.2, 0.25) is 0 Å². The summed E-state index contributed by atoms with van der Waals surface area (Å²) in [6.07, 6.45) is 0. The molecule has 3 rings (SSSR count). The summed E-state index contributed by atoms with van der Waals surface area (Å²) in [5.74, 6) is -0.111. The molecule has 146 valence electrons. The van der Waals surface area contributed by atoms with Gasteiger partial charge in [0, 0.05) is 5.56 Å². The molecule has 0 spiro atoms. The van der Waals surface area contributed by atoms with Gasteiger partial charge in [0.05, 0.1) is 7.11 Å². The van der Waals surface area contributed by atoms with E-state index in [1.165, 1.54) is 0 Å². The van der Waals surface area contributed by atoms with E-state index < -0.39 is 23.4 Å². The number of ether oxygens (including phenoxy) is 1. The third-order valence-corrected chi connectivity index (χ3v) is 4.91. The molecule has 0 bridgehead atoms. The Balaban J connectivity index is 1.78. The van der Waals surface area contributed by atoms with Crippen molar-refractivity contribution in [3.8, 4) is 5.75 Å². The zero-order chi connectivity index (χ0) is 20.5. The number of rotatable bonds is 5. The maximum Gasteiger partial charge on any atom is 0.344 e. The minimum absolute atomic E-state index is 0.341. The van der Waals surface area contributed by atoms with Gasteiger partial charge in [-0.05, 0) is 48.2 Å². The van der Waals surface area contributed by atoms with Crippen LogP contribution in [0.15, 0.2) is 48.5 Å². The molecule has 0 unspecified atom stereocenters. The Labute approximate surface area is 163 Å². The molecule has 7 heteroatoms. The number of hydrogen-bond acceptors (Lipinski definition) is 4. The third-order valence-electron chi connectivity index (χ3n) is 4.91. The van der Waals surface area contributed by atoms with Crippen molar-refractivity contribution in [2.24, 2.45) is 0 Å². The third kappa shape index (κ3) is 3.43. The smallest absolute Gasteiger partial charge is 0.344 e. The predicted molar refractivity (Wildman–Crippen MR) is 104 cm³/mol. The molecule has 2 aromatic carbocycles. The van der Waals surface area contributed by atoms with Crippen molar-refractivity contribution in [3.63, 3.8) is 0 Å². The van der Waals surface area contributed by atoms with E-state index in [-0.39, 0.29) is 0 Å². The van der Waals surface area contributed by atoms with Crippen molar-refractivity contribution >= 4 is 17.8 Å². The highest BCUT2D eigenvalue weighted by Crippen LogP contribution is 2.29. The van der Waals surface area contributed by atoms with Crippen molar-refractivity contribution in [1.29, 1.82) is 0 Å². The van der Waals surface area contributed by atoms with E-state index in [1.807, 2.05) is 12.1 Å². The second-order valence-corrected chi connectivity index (χ2v) is 7.14. The lowest BCUT2D eigenvalue weighted by Crippen LogP contribution is -2.47. The molecular formula is C21H23N3O4. The van der Waals surface area contributed by atoms with E-state index in [9.17, 15) is 14.4 Å². The van der Waals surface area contributed by atoms with Crippen LogP contribution >= 0.6 is 0 Å². The molecule has 2 aromatic rings. The van der Waals surface area contributed by atoms with Crippen LogP contribution in [0.5, 0.6) is 5.75 Å². The Kier molecular flexibility index (Phi) is 5.09. The standard InChI is InChI=1S/C21H23N3O4/c1-13(2)14-5-7-15(8-6-14)18(25)23-24-19(26)21(3,22-20(24)27)16-9-11-17(28-4)12-10-16/h5-13H,1-4H3,(H,22,27)(H,23,25)/t21-/m1/s1. The van der Waals surface area contributed by atoms with Gasteiger partial charge in [-0.1, -0.05) is 38.1 Å². The molecule has 0 aromatic heterocycles. The van der Waals surface area contributed by atoms with Crippen LogP contribution in [0.4, 0.5) is 4.79 Å². The second kappa shape index (κ2) is 7.34. The molecule has 0 radical (unpaired) electrons. The molecule has 1 heterocycles. The maximum absolute atomic E-state index is 12.9. The molecule has 1 fully saturated rings. The fourth-order valence-electron chi connectivity index (χ4n) is 3.05. The van der Waals surface area contributed by atoms with Crippen molar-refractivity contribution in [1.82, 2.24) is 15.8 Å². The number of urea groups is 1. The van der Waals surface area contributed by atoms with Gasteiger partial charge in [0.25, 0.3) is 11.8 Å². The van der Waals surface area contributed by atoms with Crippen LogP contribution < -0.4 is 15.5 Å². The minimum atomic E-state index is -1.28. The molecule has 4 amide bonds. The summed E-state index contributed by atoms with van der Waals surface area (Å²) >= 11 is 0. The van der Waals surface area contributed by atoms with Crippen molar-refractivity contribution in [3.05, 3.63) is 65.2 Å². The van der Waals surface area contributed by atoms with Crippen molar-refractivity contribution in [2.45, 2.75) is 32.2 Å². The maximum atomic E-state index is 12.9. The molecule has 1 aliphatic heterocycles. The summed E-state index contributed by atoms with van der Waals surface area (Å²) in [6, 6.07) is 13.2. The number of nitrogens with one attached hydrogen (secondary N) is 2. The topological polar surface area (TPSA) is 87.7 Å². The first kappa shape index (κ1) is 19.4. The zero-order valence-corrected chi connectivity index (χ0v) is 16.3. The van der Waals surface area contributed by atoms with Crippen LogP contribution in [0.25, 0.3) is 0 Å². The average Bonchev–Trinajstić information content (AvgIpc) is 2.92. The number of imide groups is 1. The highest BCUT2D eigenvalue weighted by Gasteiger charge is 2.50. The van der Waals surface area contributed by atoms with E-state index in [2.05, 4.69) is 24.6 Å². The lowest BCUT2D eigenvalue weighted by Gasteiger charge is -2.22. The first-order valence-corrected chi connectivity index (χ1v) is 8.98. The first-order valence-electron chi connectivity index (χ1n) is 8.98. The lowest BCUT2D eigenvalue weighted by molar-refractivity contribution is -0.132. The molecule has 7 nitrogen and oxygen atoms in total. The van der Waals surface area contributed by atoms with Gasteiger partial charge in [0.1, 0.15) is 11.3 Å². The molecule has 0 saturated carbocycles. The second-order valence-electron chi connectivity index (χ2n) is 7.14. The number of benzene rings is 2. The number of methoxy groups -OCH3 is 1. The first-order chi connectivity index (χ1) is 13.3. The Morgan fingerprint density at radius 3 is 2.21 bits per heavy atom. The molecule has 1 saturated heterocycles. The van der Waals surface area contributed by atoms with E-state index in [4.69, 9.17) is 4.74 Å². The number of amides is 4. The Morgan fingerprint density at radius 2 is 1.68 bits per heavy atom. The molecule has 1 atom stereocenters. The van der Waals surface area contributed by atoms with Gasteiger partial charge in [0.15, 0.2) is 0 Å². The van der Waals surface area contributed by atoms with E-state index in [0.29, 0.717) is 22.8 Å².